The van der Waals surface area contributed by atoms with E-state index in [0.29, 0.717) is 11.8 Å². The van der Waals surface area contributed by atoms with Crippen LogP contribution in [0.5, 0.6) is 0 Å². The fourth-order valence-electron chi connectivity index (χ4n) is 2.14. The Bertz CT molecular complexity index is 233. The van der Waals surface area contributed by atoms with E-state index in [2.05, 4.69) is 23.8 Å². The fraction of sp³-hybridized carbons (Fsp3) is 0.923. The van der Waals surface area contributed by atoms with E-state index in [9.17, 15) is 4.79 Å². The molecule has 0 aromatic heterocycles. The van der Waals surface area contributed by atoms with E-state index >= 15 is 0 Å². The Kier molecular flexibility index (Phi) is 9.97. The van der Waals surface area contributed by atoms with Crippen molar-refractivity contribution in [2.24, 2.45) is 5.41 Å². The van der Waals surface area contributed by atoms with Gasteiger partial charge in [-0.1, -0.05) is 6.92 Å². The van der Waals surface area contributed by atoms with Gasteiger partial charge in [0.2, 0.25) is 5.91 Å². The van der Waals surface area contributed by atoms with Crippen molar-refractivity contribution in [3.8, 4) is 0 Å². The number of halogens is 1. The molecule has 1 aliphatic rings. The minimum Gasteiger partial charge on any atom is -0.356 e. The Morgan fingerprint density at radius 3 is 2.61 bits per heavy atom. The Balaban J connectivity index is 0.00000289. The van der Waals surface area contributed by atoms with Gasteiger partial charge in [0, 0.05) is 13.0 Å². The second-order valence-electron chi connectivity index (χ2n) is 5.29. The summed E-state index contributed by atoms with van der Waals surface area (Å²) >= 11 is 1.85. The first-order chi connectivity index (χ1) is 8.16. The summed E-state index contributed by atoms with van der Waals surface area (Å²) in [7, 11) is 0. The van der Waals surface area contributed by atoms with Crippen molar-refractivity contribution >= 4 is 30.1 Å². The summed E-state index contributed by atoms with van der Waals surface area (Å²) in [6, 6.07) is 0. The monoisotopic (exact) mass is 294 g/mol. The molecule has 1 fully saturated rings. The normalized spacial score (nSPS) is 17.9. The molecule has 1 aliphatic heterocycles. The number of amides is 1. The number of unbranched alkanes of at least 4 members (excludes halogenated alkanes) is 1. The molecule has 2 N–H and O–H groups in total. The summed E-state index contributed by atoms with van der Waals surface area (Å²) in [5.74, 6) is 1.39. The smallest absolute Gasteiger partial charge is 0.220 e. The summed E-state index contributed by atoms with van der Waals surface area (Å²) < 4.78 is 0. The van der Waals surface area contributed by atoms with Crippen LogP contribution >= 0.6 is 24.2 Å². The molecular weight excluding hydrogens is 268 g/mol. The van der Waals surface area contributed by atoms with Crippen molar-refractivity contribution < 1.29 is 4.79 Å². The van der Waals surface area contributed by atoms with Crippen LogP contribution in [0.4, 0.5) is 0 Å². The van der Waals surface area contributed by atoms with Crippen molar-refractivity contribution in [1.29, 1.82) is 0 Å². The molecule has 5 heteroatoms. The van der Waals surface area contributed by atoms with E-state index in [1.54, 1.807) is 0 Å². The average Bonchev–Trinajstić information content (AvgIpc) is 2.33. The first-order valence-corrected chi connectivity index (χ1v) is 8.02. The number of carbonyl (C=O) groups is 1. The van der Waals surface area contributed by atoms with E-state index in [-0.39, 0.29) is 18.3 Å². The van der Waals surface area contributed by atoms with Gasteiger partial charge in [-0.15, -0.1) is 12.4 Å². The molecule has 0 aliphatic carbocycles. The number of hydrogen-bond donors (Lipinski definition) is 2. The van der Waals surface area contributed by atoms with Gasteiger partial charge in [-0.2, -0.15) is 11.8 Å². The van der Waals surface area contributed by atoms with Gasteiger partial charge in [-0.25, -0.2) is 0 Å². The van der Waals surface area contributed by atoms with Crippen LogP contribution in [-0.4, -0.2) is 37.6 Å². The van der Waals surface area contributed by atoms with Gasteiger partial charge in [0.05, 0.1) is 0 Å². The van der Waals surface area contributed by atoms with Crippen molar-refractivity contribution in [3.05, 3.63) is 0 Å². The van der Waals surface area contributed by atoms with E-state index in [1.807, 2.05) is 11.8 Å². The Morgan fingerprint density at radius 2 is 2.00 bits per heavy atom. The number of piperidine rings is 1. The molecule has 108 valence electrons. The highest BCUT2D eigenvalue weighted by Crippen LogP contribution is 2.26. The van der Waals surface area contributed by atoms with Gasteiger partial charge in [0.1, 0.15) is 0 Å². The molecule has 3 nitrogen and oxygen atoms in total. The minimum atomic E-state index is 0. The van der Waals surface area contributed by atoms with Crippen LogP contribution in [0.3, 0.4) is 0 Å². The summed E-state index contributed by atoms with van der Waals surface area (Å²) in [5.41, 5.74) is 0.306. The van der Waals surface area contributed by atoms with Crippen LogP contribution < -0.4 is 10.6 Å². The quantitative estimate of drug-likeness (QED) is 0.709. The maximum atomic E-state index is 11.7. The van der Waals surface area contributed by atoms with E-state index in [1.165, 1.54) is 12.8 Å². The molecule has 0 radical (unpaired) electrons. The number of hydrogen-bond acceptors (Lipinski definition) is 3. The molecule has 1 heterocycles. The molecule has 0 bridgehead atoms. The van der Waals surface area contributed by atoms with Gasteiger partial charge >= 0.3 is 0 Å². The lowest BCUT2D eigenvalue weighted by Crippen LogP contribution is -2.42. The number of rotatable bonds is 7. The maximum Gasteiger partial charge on any atom is 0.220 e. The predicted molar refractivity (Wildman–Crippen MR) is 82.7 cm³/mol. The SMILES string of the molecule is CSCCCCC(=O)NCC1(C)CCNCC1.Cl. The third kappa shape index (κ3) is 7.49. The summed E-state index contributed by atoms with van der Waals surface area (Å²) in [6.07, 6.45) is 7.30. The van der Waals surface area contributed by atoms with Gasteiger partial charge in [0.25, 0.3) is 0 Å². The third-order valence-electron chi connectivity index (χ3n) is 3.53. The summed E-state index contributed by atoms with van der Waals surface area (Å²) in [4.78, 5) is 11.7. The second kappa shape index (κ2) is 9.93. The molecule has 0 unspecified atom stereocenters. The van der Waals surface area contributed by atoms with Crippen LogP contribution in [0, 0.1) is 5.41 Å². The zero-order valence-corrected chi connectivity index (χ0v) is 13.2. The Hall–Kier alpha value is 0.0700. The molecule has 1 amide bonds. The third-order valence-corrected chi connectivity index (χ3v) is 4.22. The van der Waals surface area contributed by atoms with Crippen molar-refractivity contribution in [2.45, 2.75) is 39.0 Å². The van der Waals surface area contributed by atoms with E-state index in [0.717, 1.165) is 38.2 Å². The largest absolute Gasteiger partial charge is 0.356 e. The average molecular weight is 295 g/mol. The predicted octanol–water partition coefficient (Wildman–Crippen LogP) is 2.45. The highest BCUT2D eigenvalue weighted by molar-refractivity contribution is 7.98. The van der Waals surface area contributed by atoms with E-state index < -0.39 is 0 Å². The molecule has 0 aromatic rings. The maximum absolute atomic E-state index is 11.7. The van der Waals surface area contributed by atoms with Crippen molar-refractivity contribution in [3.63, 3.8) is 0 Å². The Labute approximate surface area is 122 Å². The molecular formula is C13H27ClN2OS. The van der Waals surface area contributed by atoms with E-state index in [4.69, 9.17) is 0 Å². The standard InChI is InChI=1S/C13H26N2OS.ClH/c1-13(6-8-14-9-7-13)11-15-12(16)5-3-4-10-17-2;/h14H,3-11H2,1-2H3,(H,15,16);1H. The number of nitrogens with one attached hydrogen (secondary N) is 2. The summed E-state index contributed by atoms with van der Waals surface area (Å²) in [5, 5.41) is 6.46. The van der Waals surface area contributed by atoms with Gasteiger partial charge in [-0.3, -0.25) is 4.79 Å². The number of carbonyl (C=O) groups excluding carboxylic acids is 1. The molecule has 0 saturated carbocycles. The van der Waals surface area contributed by atoms with Crippen LogP contribution in [0.2, 0.25) is 0 Å². The fourth-order valence-corrected chi connectivity index (χ4v) is 2.63. The molecule has 0 spiro atoms. The highest BCUT2D eigenvalue weighted by atomic mass is 35.5. The molecule has 1 rings (SSSR count). The second-order valence-corrected chi connectivity index (χ2v) is 6.27. The van der Waals surface area contributed by atoms with Gasteiger partial charge < -0.3 is 10.6 Å². The Morgan fingerprint density at radius 1 is 1.33 bits per heavy atom. The molecule has 0 atom stereocenters. The number of thioether (sulfide) groups is 1. The van der Waals surface area contributed by atoms with Gasteiger partial charge in [0.15, 0.2) is 0 Å². The topological polar surface area (TPSA) is 41.1 Å². The highest BCUT2D eigenvalue weighted by Gasteiger charge is 2.26. The molecule has 18 heavy (non-hydrogen) atoms. The molecule has 1 saturated heterocycles. The van der Waals surface area contributed by atoms with Crippen LogP contribution in [0.15, 0.2) is 0 Å². The first-order valence-electron chi connectivity index (χ1n) is 6.63. The first kappa shape index (κ1) is 18.1. The van der Waals surface area contributed by atoms with Crippen molar-refractivity contribution in [1.82, 2.24) is 10.6 Å². The van der Waals surface area contributed by atoms with Crippen LogP contribution in [0.1, 0.15) is 39.0 Å². The molecule has 0 aromatic carbocycles. The zero-order valence-electron chi connectivity index (χ0n) is 11.6. The van der Waals surface area contributed by atoms with Crippen LogP contribution in [0.25, 0.3) is 0 Å². The van der Waals surface area contributed by atoms with Crippen molar-refractivity contribution in [2.75, 3.05) is 31.6 Å². The lowest BCUT2D eigenvalue weighted by atomic mass is 9.81. The lowest BCUT2D eigenvalue weighted by molar-refractivity contribution is -0.121. The van der Waals surface area contributed by atoms with Crippen LogP contribution in [-0.2, 0) is 4.79 Å². The van der Waals surface area contributed by atoms with Gasteiger partial charge in [-0.05, 0) is 56.2 Å². The summed E-state index contributed by atoms with van der Waals surface area (Å²) in [6.45, 7) is 5.29. The zero-order chi connectivity index (χ0) is 12.6. The minimum absolute atomic E-state index is 0. The lowest BCUT2D eigenvalue weighted by Gasteiger charge is -2.34.